The fourth-order valence-electron chi connectivity index (χ4n) is 2.31. The molecule has 0 radical (unpaired) electrons. The molecule has 0 aromatic heterocycles. The first kappa shape index (κ1) is 16.8. The predicted octanol–water partition coefficient (Wildman–Crippen LogP) is -0.0285. The van der Waals surface area contributed by atoms with Gasteiger partial charge in [0.25, 0.3) is 0 Å². The molecule has 0 aliphatic carbocycles. The van der Waals surface area contributed by atoms with Crippen molar-refractivity contribution in [3.63, 3.8) is 0 Å². The Hall–Kier alpha value is -1.30. The second-order valence-corrected chi connectivity index (χ2v) is 5.63. The normalized spacial score (nSPS) is 20.6. The zero-order valence-corrected chi connectivity index (χ0v) is 13.3. The number of carbonyl (C=O) groups excluding carboxylic acids is 1. The number of likely N-dealkylation sites (tertiary alicyclic amines) is 1. The Morgan fingerprint density at radius 2 is 2.15 bits per heavy atom. The molecule has 20 heavy (non-hydrogen) atoms. The lowest BCUT2D eigenvalue weighted by atomic mass is 9.99. The zero-order chi connectivity index (χ0) is 15.0. The fourth-order valence-corrected chi connectivity index (χ4v) is 2.31. The average Bonchev–Trinajstić information content (AvgIpc) is 2.41. The van der Waals surface area contributed by atoms with Crippen LogP contribution in [0.25, 0.3) is 0 Å². The van der Waals surface area contributed by atoms with Gasteiger partial charge in [0.05, 0.1) is 0 Å². The van der Waals surface area contributed by atoms with E-state index in [0.717, 1.165) is 25.6 Å². The number of likely N-dealkylation sites (N-methyl/N-ethyl adjacent to an activating group) is 1. The van der Waals surface area contributed by atoms with Crippen LogP contribution in [0.3, 0.4) is 0 Å². The molecular formula is C14H29N5O. The summed E-state index contributed by atoms with van der Waals surface area (Å²) < 4.78 is 0. The highest BCUT2D eigenvalue weighted by Crippen LogP contribution is 2.13. The minimum atomic E-state index is 0.0135. The topological polar surface area (TPSA) is 60.0 Å². The Balaban J connectivity index is 2.41. The maximum atomic E-state index is 11.6. The summed E-state index contributed by atoms with van der Waals surface area (Å²) in [6, 6.07) is 0. The number of carbonyl (C=O) groups is 1. The Bertz CT molecular complexity index is 330. The van der Waals surface area contributed by atoms with E-state index in [2.05, 4.69) is 27.6 Å². The van der Waals surface area contributed by atoms with E-state index in [4.69, 9.17) is 0 Å². The molecular weight excluding hydrogens is 254 g/mol. The van der Waals surface area contributed by atoms with Gasteiger partial charge in [-0.15, -0.1) is 0 Å². The Morgan fingerprint density at radius 3 is 2.75 bits per heavy atom. The third kappa shape index (κ3) is 6.23. The van der Waals surface area contributed by atoms with Crippen molar-refractivity contribution >= 4 is 11.9 Å². The summed E-state index contributed by atoms with van der Waals surface area (Å²) in [5.41, 5.74) is 0. The zero-order valence-electron chi connectivity index (χ0n) is 13.3. The molecule has 116 valence electrons. The summed E-state index contributed by atoms with van der Waals surface area (Å²) in [6.07, 6.45) is 2.52. The lowest BCUT2D eigenvalue weighted by molar-refractivity contribution is -0.127. The van der Waals surface area contributed by atoms with Gasteiger partial charge in [-0.1, -0.05) is 0 Å². The maximum absolute atomic E-state index is 11.6. The number of hydrogen-bond donors (Lipinski definition) is 2. The van der Waals surface area contributed by atoms with E-state index in [9.17, 15) is 4.79 Å². The highest BCUT2D eigenvalue weighted by Gasteiger charge is 2.17. The van der Waals surface area contributed by atoms with E-state index in [-0.39, 0.29) is 12.5 Å². The van der Waals surface area contributed by atoms with Crippen LogP contribution in [0.2, 0.25) is 0 Å². The molecule has 1 unspecified atom stereocenters. The average molecular weight is 283 g/mol. The molecule has 1 rings (SSSR count). The Morgan fingerprint density at radius 1 is 1.40 bits per heavy atom. The molecule has 0 bridgehead atoms. The SMILES string of the molecule is CCNC(=NCC(=O)N(C)C)NCC1CCCN(C)C1. The van der Waals surface area contributed by atoms with E-state index in [1.807, 2.05) is 6.92 Å². The van der Waals surface area contributed by atoms with E-state index in [0.29, 0.717) is 5.92 Å². The van der Waals surface area contributed by atoms with Gasteiger partial charge in [0.1, 0.15) is 6.54 Å². The van der Waals surface area contributed by atoms with E-state index >= 15 is 0 Å². The van der Waals surface area contributed by atoms with Gasteiger partial charge in [-0.2, -0.15) is 0 Å². The number of aliphatic imine (C=N–C) groups is 1. The number of piperidine rings is 1. The lowest BCUT2D eigenvalue weighted by Gasteiger charge is -2.30. The van der Waals surface area contributed by atoms with Gasteiger partial charge in [-0.05, 0) is 39.3 Å². The molecule has 2 N–H and O–H groups in total. The largest absolute Gasteiger partial charge is 0.357 e. The van der Waals surface area contributed by atoms with Crippen LogP contribution in [0.1, 0.15) is 19.8 Å². The van der Waals surface area contributed by atoms with Crippen molar-refractivity contribution < 1.29 is 4.79 Å². The van der Waals surface area contributed by atoms with Crippen molar-refractivity contribution in [3.8, 4) is 0 Å². The quantitative estimate of drug-likeness (QED) is 0.549. The number of guanidine groups is 1. The molecule has 1 aliphatic heterocycles. The van der Waals surface area contributed by atoms with E-state index in [1.54, 1.807) is 19.0 Å². The third-order valence-corrected chi connectivity index (χ3v) is 3.50. The van der Waals surface area contributed by atoms with E-state index in [1.165, 1.54) is 19.4 Å². The molecule has 1 aliphatic rings. The molecule has 1 fully saturated rings. The summed E-state index contributed by atoms with van der Waals surface area (Å²) in [4.78, 5) is 19.8. The van der Waals surface area contributed by atoms with Gasteiger partial charge < -0.3 is 20.4 Å². The van der Waals surface area contributed by atoms with E-state index < -0.39 is 0 Å². The second-order valence-electron chi connectivity index (χ2n) is 5.63. The van der Waals surface area contributed by atoms with Crippen LogP contribution in [0.4, 0.5) is 0 Å². The number of nitrogens with zero attached hydrogens (tertiary/aromatic N) is 3. The fraction of sp³-hybridized carbons (Fsp3) is 0.857. The van der Waals surface area contributed by atoms with Crippen LogP contribution >= 0.6 is 0 Å². The van der Waals surface area contributed by atoms with Crippen LogP contribution in [0.15, 0.2) is 4.99 Å². The van der Waals surface area contributed by atoms with Gasteiger partial charge >= 0.3 is 0 Å². The van der Waals surface area contributed by atoms with Crippen molar-refractivity contribution in [2.45, 2.75) is 19.8 Å². The summed E-state index contributed by atoms with van der Waals surface area (Å²) in [5, 5.41) is 6.53. The highest BCUT2D eigenvalue weighted by atomic mass is 16.2. The van der Waals surface area contributed by atoms with Gasteiger partial charge in [-0.3, -0.25) is 4.79 Å². The van der Waals surface area contributed by atoms with Crippen molar-refractivity contribution in [2.24, 2.45) is 10.9 Å². The van der Waals surface area contributed by atoms with Gasteiger partial charge in [0, 0.05) is 33.7 Å². The van der Waals surface area contributed by atoms with Crippen LogP contribution in [0, 0.1) is 5.92 Å². The Kier molecular flexibility index (Phi) is 7.36. The third-order valence-electron chi connectivity index (χ3n) is 3.50. The predicted molar refractivity (Wildman–Crippen MR) is 82.9 cm³/mol. The molecule has 0 spiro atoms. The van der Waals surface area contributed by atoms with Crippen LogP contribution in [-0.2, 0) is 4.79 Å². The molecule has 6 heteroatoms. The molecule has 6 nitrogen and oxygen atoms in total. The molecule has 1 atom stereocenters. The first-order chi connectivity index (χ1) is 9.52. The van der Waals surface area contributed by atoms with Crippen LogP contribution < -0.4 is 10.6 Å². The smallest absolute Gasteiger partial charge is 0.243 e. The highest BCUT2D eigenvalue weighted by molar-refractivity contribution is 5.84. The molecule has 1 heterocycles. The minimum Gasteiger partial charge on any atom is -0.357 e. The number of rotatable bonds is 5. The summed E-state index contributed by atoms with van der Waals surface area (Å²) in [5.74, 6) is 1.40. The number of nitrogens with one attached hydrogen (secondary N) is 2. The van der Waals surface area contributed by atoms with Crippen molar-refractivity contribution in [1.82, 2.24) is 20.4 Å². The van der Waals surface area contributed by atoms with Crippen molar-refractivity contribution in [3.05, 3.63) is 0 Å². The van der Waals surface area contributed by atoms with Crippen molar-refractivity contribution in [2.75, 3.05) is 53.9 Å². The molecule has 0 aromatic carbocycles. The molecule has 0 saturated carbocycles. The number of amides is 1. The standard InChI is InChI=1S/C14H29N5O/c1-5-15-14(17-10-13(20)18(2)3)16-9-12-7-6-8-19(4)11-12/h12H,5-11H2,1-4H3,(H2,15,16,17). The van der Waals surface area contributed by atoms with Crippen LogP contribution in [-0.4, -0.2) is 75.5 Å². The summed E-state index contributed by atoms with van der Waals surface area (Å²) in [6.45, 7) is 6.25. The summed E-state index contributed by atoms with van der Waals surface area (Å²) in [7, 11) is 5.66. The number of hydrogen-bond acceptors (Lipinski definition) is 3. The molecule has 0 aromatic rings. The van der Waals surface area contributed by atoms with Gasteiger partial charge in [-0.25, -0.2) is 4.99 Å². The monoisotopic (exact) mass is 283 g/mol. The first-order valence-electron chi connectivity index (χ1n) is 7.43. The summed E-state index contributed by atoms with van der Waals surface area (Å²) >= 11 is 0. The van der Waals surface area contributed by atoms with Crippen LogP contribution in [0.5, 0.6) is 0 Å². The molecule has 1 saturated heterocycles. The minimum absolute atomic E-state index is 0.0135. The van der Waals surface area contributed by atoms with Gasteiger partial charge in [0.2, 0.25) is 5.91 Å². The molecule has 1 amide bonds. The lowest BCUT2D eigenvalue weighted by Crippen LogP contribution is -2.44. The van der Waals surface area contributed by atoms with Crippen molar-refractivity contribution in [1.29, 1.82) is 0 Å². The maximum Gasteiger partial charge on any atom is 0.243 e. The Labute approximate surface area is 122 Å². The van der Waals surface area contributed by atoms with Gasteiger partial charge in [0.15, 0.2) is 5.96 Å². The second kappa shape index (κ2) is 8.79. The first-order valence-corrected chi connectivity index (χ1v) is 7.43.